The number of aliphatic hydroxyl groups excluding tert-OH is 1. The lowest BCUT2D eigenvalue weighted by Gasteiger charge is -2.17. The van der Waals surface area contributed by atoms with E-state index in [1.165, 1.54) is 25.3 Å². The minimum atomic E-state index is -4.24. The van der Waals surface area contributed by atoms with Gasteiger partial charge in [0.2, 0.25) is 0 Å². The van der Waals surface area contributed by atoms with Crippen molar-refractivity contribution >= 4 is 11.6 Å². The standard InChI is InChI=1S/C12H13ClF4O3/c1-19-10-4-7(2-3-8(10)13)9(18)5-20-6-12(16,17)11(14)15/h2-4,9,11,18H,5-6H2,1H3. The average molecular weight is 317 g/mol. The Balaban J connectivity index is 2.57. The van der Waals surface area contributed by atoms with Gasteiger partial charge in [-0.15, -0.1) is 0 Å². The Bertz CT molecular complexity index is 443. The maximum atomic E-state index is 12.6. The lowest BCUT2D eigenvalue weighted by Crippen LogP contribution is -2.33. The zero-order valence-corrected chi connectivity index (χ0v) is 11.2. The van der Waals surface area contributed by atoms with Crippen LogP contribution in [0, 0.1) is 0 Å². The number of ether oxygens (including phenoxy) is 2. The topological polar surface area (TPSA) is 38.7 Å². The zero-order valence-electron chi connectivity index (χ0n) is 10.5. The fourth-order valence-corrected chi connectivity index (χ4v) is 1.54. The number of halogens is 5. The molecule has 0 amide bonds. The normalized spacial score (nSPS) is 13.6. The van der Waals surface area contributed by atoms with Gasteiger partial charge < -0.3 is 14.6 Å². The first-order valence-electron chi connectivity index (χ1n) is 5.53. The summed E-state index contributed by atoms with van der Waals surface area (Å²) in [7, 11) is 1.37. The van der Waals surface area contributed by atoms with E-state index in [0.717, 1.165) is 0 Å². The van der Waals surface area contributed by atoms with Crippen molar-refractivity contribution < 1.29 is 32.1 Å². The van der Waals surface area contributed by atoms with Crippen LogP contribution in [0.15, 0.2) is 18.2 Å². The van der Waals surface area contributed by atoms with Gasteiger partial charge >= 0.3 is 12.3 Å². The van der Waals surface area contributed by atoms with E-state index in [0.29, 0.717) is 16.3 Å². The van der Waals surface area contributed by atoms with Gasteiger partial charge in [-0.2, -0.15) is 8.78 Å². The third kappa shape index (κ3) is 4.50. The minimum Gasteiger partial charge on any atom is -0.495 e. The number of hydrogen-bond donors (Lipinski definition) is 1. The quantitative estimate of drug-likeness (QED) is 0.784. The van der Waals surface area contributed by atoms with Crippen LogP contribution in [0.4, 0.5) is 17.6 Å². The van der Waals surface area contributed by atoms with E-state index in [4.69, 9.17) is 16.3 Å². The van der Waals surface area contributed by atoms with Crippen LogP contribution < -0.4 is 4.74 Å². The van der Waals surface area contributed by atoms with E-state index in [-0.39, 0.29) is 0 Å². The highest BCUT2D eigenvalue weighted by Crippen LogP contribution is 2.28. The van der Waals surface area contributed by atoms with E-state index in [1.807, 2.05) is 0 Å². The van der Waals surface area contributed by atoms with Gasteiger partial charge in [0, 0.05) is 0 Å². The second-order valence-corrected chi connectivity index (χ2v) is 4.39. The number of rotatable bonds is 7. The van der Waals surface area contributed by atoms with E-state index in [9.17, 15) is 22.7 Å². The van der Waals surface area contributed by atoms with Crippen LogP contribution in [-0.4, -0.2) is 37.8 Å². The van der Waals surface area contributed by atoms with Gasteiger partial charge in [-0.25, -0.2) is 8.78 Å². The summed E-state index contributed by atoms with van der Waals surface area (Å²) in [5.41, 5.74) is 0.312. The summed E-state index contributed by atoms with van der Waals surface area (Å²) in [5, 5.41) is 10.0. The molecule has 0 spiro atoms. The first-order valence-corrected chi connectivity index (χ1v) is 5.91. The smallest absolute Gasteiger partial charge is 0.330 e. The molecule has 1 unspecified atom stereocenters. The average Bonchev–Trinajstić information content (AvgIpc) is 2.38. The van der Waals surface area contributed by atoms with E-state index in [2.05, 4.69) is 4.74 Å². The highest BCUT2D eigenvalue weighted by atomic mass is 35.5. The molecular formula is C12H13ClF4O3. The van der Waals surface area contributed by atoms with Crippen molar-refractivity contribution in [1.29, 1.82) is 0 Å². The summed E-state index contributed by atoms with van der Waals surface area (Å²) in [6.45, 7) is -2.01. The summed E-state index contributed by atoms with van der Waals surface area (Å²) < 4.78 is 58.3. The van der Waals surface area contributed by atoms with Crippen LogP contribution >= 0.6 is 11.6 Å². The van der Waals surface area contributed by atoms with Gasteiger partial charge in [-0.3, -0.25) is 0 Å². The van der Waals surface area contributed by atoms with Gasteiger partial charge in [0.25, 0.3) is 0 Å². The molecule has 0 aromatic heterocycles. The molecule has 1 N–H and O–H groups in total. The van der Waals surface area contributed by atoms with Crippen molar-refractivity contribution in [2.75, 3.05) is 20.3 Å². The second kappa shape index (κ2) is 7.10. The number of benzene rings is 1. The summed E-state index contributed by atoms with van der Waals surface area (Å²) in [6, 6.07) is 4.30. The maximum Gasteiger partial charge on any atom is 0.330 e. The Morgan fingerprint density at radius 2 is 2.00 bits per heavy atom. The van der Waals surface area contributed by atoms with Gasteiger partial charge in [0.05, 0.1) is 18.7 Å². The molecule has 0 aliphatic heterocycles. The molecule has 0 aliphatic rings. The molecule has 114 valence electrons. The number of methoxy groups -OCH3 is 1. The maximum absolute atomic E-state index is 12.6. The van der Waals surface area contributed by atoms with Crippen LogP contribution in [0.3, 0.4) is 0 Å². The predicted octanol–water partition coefficient (Wildman–Crippen LogP) is 3.30. The summed E-state index contributed by atoms with van der Waals surface area (Å²) in [5.74, 6) is -3.95. The Morgan fingerprint density at radius 1 is 1.35 bits per heavy atom. The van der Waals surface area contributed by atoms with Crippen molar-refractivity contribution in [3.63, 3.8) is 0 Å². The first kappa shape index (κ1) is 17.0. The monoisotopic (exact) mass is 316 g/mol. The minimum absolute atomic E-state index is 0.293. The molecule has 3 nitrogen and oxygen atoms in total. The fraction of sp³-hybridized carbons (Fsp3) is 0.500. The van der Waals surface area contributed by atoms with Crippen molar-refractivity contribution in [1.82, 2.24) is 0 Å². The number of alkyl halides is 4. The van der Waals surface area contributed by atoms with Crippen LogP contribution in [0.5, 0.6) is 5.75 Å². The van der Waals surface area contributed by atoms with Crippen molar-refractivity contribution in [2.45, 2.75) is 18.5 Å². The second-order valence-electron chi connectivity index (χ2n) is 3.99. The molecular weight excluding hydrogens is 304 g/mol. The van der Waals surface area contributed by atoms with Crippen LogP contribution in [-0.2, 0) is 4.74 Å². The first-order chi connectivity index (χ1) is 9.27. The Hall–Kier alpha value is -1.05. The third-order valence-corrected chi connectivity index (χ3v) is 2.76. The fourth-order valence-electron chi connectivity index (χ4n) is 1.35. The molecule has 8 heteroatoms. The Kier molecular flexibility index (Phi) is 6.04. The van der Waals surface area contributed by atoms with Crippen molar-refractivity contribution in [3.8, 4) is 5.75 Å². The lowest BCUT2D eigenvalue weighted by molar-refractivity contribution is -0.170. The number of hydrogen-bond acceptors (Lipinski definition) is 3. The van der Waals surface area contributed by atoms with Gasteiger partial charge in [-0.05, 0) is 17.7 Å². The molecule has 20 heavy (non-hydrogen) atoms. The highest BCUT2D eigenvalue weighted by molar-refractivity contribution is 6.32. The molecule has 0 saturated heterocycles. The van der Waals surface area contributed by atoms with Gasteiger partial charge in [0.1, 0.15) is 18.5 Å². The van der Waals surface area contributed by atoms with Crippen LogP contribution in [0.25, 0.3) is 0 Å². The lowest BCUT2D eigenvalue weighted by atomic mass is 10.1. The van der Waals surface area contributed by atoms with Crippen molar-refractivity contribution in [3.05, 3.63) is 28.8 Å². The zero-order chi connectivity index (χ0) is 15.3. The summed E-state index contributed by atoms with van der Waals surface area (Å²) in [4.78, 5) is 0. The Morgan fingerprint density at radius 3 is 2.55 bits per heavy atom. The molecule has 0 aliphatic carbocycles. The molecule has 0 bridgehead atoms. The molecule has 0 radical (unpaired) electrons. The Labute approximate surface area is 118 Å². The molecule has 0 fully saturated rings. The molecule has 1 aromatic carbocycles. The highest BCUT2D eigenvalue weighted by Gasteiger charge is 2.41. The molecule has 1 atom stereocenters. The predicted molar refractivity (Wildman–Crippen MR) is 64.7 cm³/mol. The largest absolute Gasteiger partial charge is 0.495 e. The molecule has 1 aromatic rings. The SMILES string of the molecule is COc1cc(C(O)COCC(F)(F)C(F)F)ccc1Cl. The van der Waals surface area contributed by atoms with Crippen LogP contribution in [0.2, 0.25) is 5.02 Å². The van der Waals surface area contributed by atoms with E-state index in [1.54, 1.807) is 0 Å². The molecule has 0 saturated carbocycles. The van der Waals surface area contributed by atoms with Gasteiger partial charge in [0.15, 0.2) is 0 Å². The summed E-state index contributed by atoms with van der Waals surface area (Å²) >= 11 is 5.78. The number of aliphatic hydroxyl groups is 1. The van der Waals surface area contributed by atoms with Crippen LogP contribution in [0.1, 0.15) is 11.7 Å². The van der Waals surface area contributed by atoms with Crippen molar-refractivity contribution in [2.24, 2.45) is 0 Å². The van der Waals surface area contributed by atoms with Gasteiger partial charge in [-0.1, -0.05) is 17.7 Å². The third-order valence-electron chi connectivity index (χ3n) is 2.45. The van der Waals surface area contributed by atoms with E-state index >= 15 is 0 Å². The summed E-state index contributed by atoms with van der Waals surface area (Å²) in [6.07, 6.45) is -5.06. The molecule has 1 rings (SSSR count). The van der Waals surface area contributed by atoms with E-state index < -0.39 is 31.7 Å². The molecule has 0 heterocycles.